The number of carbonyl (C=O) groups is 1. The minimum absolute atomic E-state index is 0.0506. The fraction of sp³-hybridized carbons (Fsp3) is 0.250. The highest BCUT2D eigenvalue weighted by atomic mass is 32.2. The maximum atomic E-state index is 13.1. The molecule has 3 rings (SSSR count). The van der Waals surface area contributed by atoms with Crippen LogP contribution in [0.25, 0.3) is 0 Å². The van der Waals surface area contributed by atoms with Crippen molar-refractivity contribution in [3.8, 4) is 11.5 Å². The predicted molar refractivity (Wildman–Crippen MR) is 109 cm³/mol. The molecule has 6 nitrogen and oxygen atoms in total. The molecule has 1 amide bonds. The molecule has 1 atom stereocenters. The Labute approximate surface area is 167 Å². The molecule has 0 unspecified atom stereocenters. The van der Waals surface area contributed by atoms with Gasteiger partial charge in [0.25, 0.3) is 0 Å². The topological polar surface area (TPSA) is 63.5 Å². The van der Waals surface area contributed by atoms with Gasteiger partial charge in [0.05, 0.1) is 32.2 Å². The van der Waals surface area contributed by atoms with Gasteiger partial charge in [-0.05, 0) is 36.8 Å². The highest BCUT2D eigenvalue weighted by Crippen LogP contribution is 2.29. The maximum Gasteiger partial charge on any atom is 0.242 e. The third-order valence-electron chi connectivity index (χ3n) is 4.16. The molecule has 0 aliphatic carbocycles. The van der Waals surface area contributed by atoms with Gasteiger partial charge in [-0.15, -0.1) is 5.10 Å². The van der Waals surface area contributed by atoms with Gasteiger partial charge >= 0.3 is 0 Å². The maximum absolute atomic E-state index is 13.1. The van der Waals surface area contributed by atoms with Crippen LogP contribution in [0.3, 0.4) is 0 Å². The zero-order valence-corrected chi connectivity index (χ0v) is 16.6. The molecule has 1 fully saturated rings. The summed E-state index contributed by atoms with van der Waals surface area (Å²) < 4.78 is 23.6. The zero-order valence-electron chi connectivity index (χ0n) is 15.8. The molecule has 0 N–H and O–H groups in total. The fourth-order valence-electron chi connectivity index (χ4n) is 2.65. The predicted octanol–water partition coefficient (Wildman–Crippen LogP) is 3.70. The van der Waals surface area contributed by atoms with E-state index in [9.17, 15) is 9.18 Å². The average molecular weight is 401 g/mol. The molecule has 1 aliphatic rings. The molecule has 146 valence electrons. The first-order chi connectivity index (χ1) is 13.5. The van der Waals surface area contributed by atoms with Crippen LogP contribution in [0.1, 0.15) is 18.1 Å². The normalized spacial score (nSPS) is 18.3. The Morgan fingerprint density at radius 3 is 2.61 bits per heavy atom. The minimum atomic E-state index is -0.314. The van der Waals surface area contributed by atoms with Crippen molar-refractivity contribution >= 4 is 29.1 Å². The van der Waals surface area contributed by atoms with Gasteiger partial charge in [-0.3, -0.25) is 9.69 Å². The van der Waals surface area contributed by atoms with Crippen LogP contribution in [-0.2, 0) is 11.3 Å². The number of hydrogen-bond donors (Lipinski definition) is 0. The Morgan fingerprint density at radius 2 is 1.93 bits per heavy atom. The molecule has 28 heavy (non-hydrogen) atoms. The monoisotopic (exact) mass is 401 g/mol. The molecular formula is C20H20FN3O3S. The van der Waals surface area contributed by atoms with Crippen LogP contribution >= 0.6 is 11.8 Å². The lowest BCUT2D eigenvalue weighted by molar-refractivity contribution is -0.126. The Hall–Kier alpha value is -2.87. The van der Waals surface area contributed by atoms with Crippen molar-refractivity contribution in [2.24, 2.45) is 10.2 Å². The average Bonchev–Trinajstić information content (AvgIpc) is 2.97. The van der Waals surface area contributed by atoms with Gasteiger partial charge in [0, 0.05) is 11.6 Å². The van der Waals surface area contributed by atoms with Gasteiger partial charge in [0.1, 0.15) is 17.3 Å². The van der Waals surface area contributed by atoms with Crippen LogP contribution in [0.4, 0.5) is 4.39 Å². The molecule has 2 aromatic carbocycles. The van der Waals surface area contributed by atoms with E-state index in [4.69, 9.17) is 9.47 Å². The van der Waals surface area contributed by atoms with Crippen molar-refractivity contribution in [2.45, 2.75) is 18.7 Å². The molecule has 8 heteroatoms. The van der Waals surface area contributed by atoms with Crippen molar-refractivity contribution in [3.63, 3.8) is 0 Å². The van der Waals surface area contributed by atoms with E-state index in [1.165, 1.54) is 23.9 Å². The van der Waals surface area contributed by atoms with E-state index >= 15 is 0 Å². The van der Waals surface area contributed by atoms with Crippen molar-refractivity contribution in [1.82, 2.24) is 4.90 Å². The SMILES string of the molecule is COc1ccc(/C=N\N=C2/S[C@H](C)C(=O)N2Cc2ccc(F)cc2)c(OC)c1. The number of nitrogens with zero attached hydrogens (tertiary/aromatic N) is 3. The molecule has 0 spiro atoms. The number of benzene rings is 2. The Balaban J connectivity index is 1.80. The van der Waals surface area contributed by atoms with E-state index in [1.54, 1.807) is 49.6 Å². The summed E-state index contributed by atoms with van der Waals surface area (Å²) in [6, 6.07) is 11.4. The standard InChI is InChI=1S/C20H20FN3O3S/c1-13-19(25)24(12-14-4-7-16(21)8-5-14)20(28-13)23-22-11-15-6-9-17(26-2)10-18(15)27-3/h4-11,13H,12H2,1-3H3/b22-11-,23-20-/t13-/m1/s1. The molecule has 0 saturated carbocycles. The van der Waals surface area contributed by atoms with E-state index in [1.807, 2.05) is 13.0 Å². The summed E-state index contributed by atoms with van der Waals surface area (Å²) in [6.07, 6.45) is 1.56. The number of thioether (sulfide) groups is 1. The third kappa shape index (κ3) is 4.51. The third-order valence-corrected chi connectivity index (χ3v) is 5.23. The first-order valence-electron chi connectivity index (χ1n) is 8.57. The summed E-state index contributed by atoms with van der Waals surface area (Å²) in [6.45, 7) is 2.14. The van der Waals surface area contributed by atoms with Crippen molar-refractivity contribution < 1.29 is 18.7 Å². The molecule has 0 radical (unpaired) electrons. The van der Waals surface area contributed by atoms with Crippen LogP contribution in [0.15, 0.2) is 52.7 Å². The van der Waals surface area contributed by atoms with E-state index < -0.39 is 0 Å². The second-order valence-corrected chi connectivity index (χ2v) is 7.35. The fourth-order valence-corrected chi connectivity index (χ4v) is 3.57. The van der Waals surface area contributed by atoms with Crippen LogP contribution in [0, 0.1) is 5.82 Å². The molecule has 1 saturated heterocycles. The first-order valence-corrected chi connectivity index (χ1v) is 9.45. The summed E-state index contributed by atoms with van der Waals surface area (Å²) in [5.74, 6) is 0.919. The lowest BCUT2D eigenvalue weighted by Gasteiger charge is -2.15. The highest BCUT2D eigenvalue weighted by Gasteiger charge is 2.35. The molecule has 1 heterocycles. The van der Waals surface area contributed by atoms with Gasteiger partial charge in [0.15, 0.2) is 5.17 Å². The van der Waals surface area contributed by atoms with E-state index in [0.717, 1.165) is 11.1 Å². The Kier molecular flexibility index (Phi) is 6.30. The number of hydrogen-bond acceptors (Lipinski definition) is 6. The quantitative estimate of drug-likeness (QED) is 0.547. The summed E-state index contributed by atoms with van der Waals surface area (Å²) >= 11 is 1.34. The number of amidine groups is 1. The molecule has 2 aromatic rings. The number of ether oxygens (including phenoxy) is 2. The van der Waals surface area contributed by atoms with Crippen LogP contribution in [0.5, 0.6) is 11.5 Å². The van der Waals surface area contributed by atoms with Gasteiger partial charge in [-0.1, -0.05) is 23.9 Å². The summed E-state index contributed by atoms with van der Waals surface area (Å²) in [5, 5.41) is 8.62. The van der Waals surface area contributed by atoms with Crippen molar-refractivity contribution in [2.75, 3.05) is 14.2 Å². The second-order valence-electron chi connectivity index (χ2n) is 6.05. The van der Waals surface area contributed by atoms with Crippen LogP contribution in [-0.4, -0.2) is 41.7 Å². The van der Waals surface area contributed by atoms with Crippen molar-refractivity contribution in [1.29, 1.82) is 0 Å². The smallest absolute Gasteiger partial charge is 0.242 e. The Morgan fingerprint density at radius 1 is 1.18 bits per heavy atom. The van der Waals surface area contributed by atoms with Crippen molar-refractivity contribution in [3.05, 3.63) is 59.4 Å². The molecular weight excluding hydrogens is 381 g/mol. The van der Waals surface area contributed by atoms with E-state index in [-0.39, 0.29) is 17.0 Å². The number of amides is 1. The second kappa shape index (κ2) is 8.88. The van der Waals surface area contributed by atoms with E-state index in [0.29, 0.717) is 23.2 Å². The number of halogens is 1. The molecule has 0 bridgehead atoms. The molecule has 0 aromatic heterocycles. The van der Waals surface area contributed by atoms with Crippen LogP contribution in [0.2, 0.25) is 0 Å². The lowest BCUT2D eigenvalue weighted by atomic mass is 10.2. The van der Waals surface area contributed by atoms with E-state index in [2.05, 4.69) is 10.2 Å². The summed E-state index contributed by atoms with van der Waals surface area (Å²) in [4.78, 5) is 14.0. The highest BCUT2D eigenvalue weighted by molar-refractivity contribution is 8.15. The molecule has 1 aliphatic heterocycles. The largest absolute Gasteiger partial charge is 0.497 e. The van der Waals surface area contributed by atoms with Gasteiger partial charge in [0.2, 0.25) is 5.91 Å². The summed E-state index contributed by atoms with van der Waals surface area (Å²) in [7, 11) is 3.15. The van der Waals surface area contributed by atoms with Gasteiger partial charge in [-0.25, -0.2) is 4.39 Å². The number of methoxy groups -OCH3 is 2. The van der Waals surface area contributed by atoms with Gasteiger partial charge in [-0.2, -0.15) is 5.10 Å². The zero-order chi connectivity index (χ0) is 20.1. The first kappa shape index (κ1) is 19.9. The number of carbonyl (C=O) groups excluding carboxylic acids is 1. The lowest BCUT2D eigenvalue weighted by Crippen LogP contribution is -2.30. The van der Waals surface area contributed by atoms with Crippen LogP contribution < -0.4 is 9.47 Å². The van der Waals surface area contributed by atoms with Gasteiger partial charge < -0.3 is 9.47 Å². The number of rotatable bonds is 6. The minimum Gasteiger partial charge on any atom is -0.497 e. The summed E-state index contributed by atoms with van der Waals surface area (Å²) in [5.41, 5.74) is 1.55. The Bertz CT molecular complexity index is 915.